The highest BCUT2D eigenvalue weighted by Crippen LogP contribution is 2.24. The number of para-hydroxylation sites is 2. The van der Waals surface area contributed by atoms with Crippen LogP contribution in [-0.2, 0) is 24.8 Å². The molecule has 0 saturated carbocycles. The van der Waals surface area contributed by atoms with Crippen LogP contribution in [0, 0.1) is 0 Å². The van der Waals surface area contributed by atoms with E-state index in [0.717, 1.165) is 22.2 Å². The summed E-state index contributed by atoms with van der Waals surface area (Å²) in [7, 11) is 1.36. The van der Waals surface area contributed by atoms with E-state index < -0.39 is 11.2 Å². The Labute approximate surface area is 213 Å². The highest BCUT2D eigenvalue weighted by atomic mass is 16.5. The van der Waals surface area contributed by atoms with E-state index in [2.05, 4.69) is 5.32 Å². The number of urea groups is 1. The van der Waals surface area contributed by atoms with Crippen molar-refractivity contribution in [3.05, 3.63) is 87.2 Å². The fourth-order valence-electron chi connectivity index (χ4n) is 4.91. The number of nitrogens with one attached hydrogen (secondary N) is 1. The molecule has 0 spiro atoms. The molecule has 0 atom stereocenters. The number of benzene rings is 2. The van der Waals surface area contributed by atoms with Crippen molar-refractivity contribution in [1.29, 1.82) is 0 Å². The van der Waals surface area contributed by atoms with E-state index in [-0.39, 0.29) is 30.3 Å². The van der Waals surface area contributed by atoms with Gasteiger partial charge in [0.05, 0.1) is 6.20 Å². The zero-order chi connectivity index (χ0) is 25.9. The van der Waals surface area contributed by atoms with Crippen LogP contribution in [0.1, 0.15) is 18.4 Å². The van der Waals surface area contributed by atoms with Crippen LogP contribution < -0.4 is 21.3 Å². The van der Waals surface area contributed by atoms with Crippen molar-refractivity contribution < 1.29 is 14.3 Å². The molecule has 0 unspecified atom stereocenters. The summed E-state index contributed by atoms with van der Waals surface area (Å²) in [5.74, 6) is 0.199. The average molecular weight is 504 g/mol. The first kappa shape index (κ1) is 24.4. The third-order valence-electron chi connectivity index (χ3n) is 7.00. The summed E-state index contributed by atoms with van der Waals surface area (Å²) in [6.45, 7) is 1.38. The first-order valence-corrected chi connectivity index (χ1v) is 12.4. The Morgan fingerprint density at radius 3 is 2.43 bits per heavy atom. The minimum Gasteiger partial charge on any atom is -0.450 e. The van der Waals surface area contributed by atoms with E-state index in [4.69, 9.17) is 4.74 Å². The van der Waals surface area contributed by atoms with E-state index in [1.807, 2.05) is 35.2 Å². The molecule has 1 aromatic heterocycles. The fraction of sp³-hybridized carbons (Fsp3) is 0.333. The zero-order valence-corrected chi connectivity index (χ0v) is 20.6. The van der Waals surface area contributed by atoms with Crippen molar-refractivity contribution in [2.45, 2.75) is 31.8 Å². The summed E-state index contributed by atoms with van der Waals surface area (Å²) < 4.78 is 7.82. The van der Waals surface area contributed by atoms with Crippen LogP contribution in [0.4, 0.5) is 10.5 Å². The molecule has 0 aliphatic carbocycles. The van der Waals surface area contributed by atoms with Crippen LogP contribution in [0.25, 0.3) is 0 Å². The van der Waals surface area contributed by atoms with Crippen molar-refractivity contribution in [3.8, 4) is 11.5 Å². The summed E-state index contributed by atoms with van der Waals surface area (Å²) in [6, 6.07) is 16.5. The van der Waals surface area contributed by atoms with Gasteiger partial charge in [-0.25, -0.2) is 9.59 Å². The molecule has 192 valence electrons. The smallest absolute Gasteiger partial charge is 0.331 e. The van der Waals surface area contributed by atoms with Gasteiger partial charge in [-0.05, 0) is 43.0 Å². The quantitative estimate of drug-likeness (QED) is 0.576. The summed E-state index contributed by atoms with van der Waals surface area (Å²) in [6.07, 6.45) is 3.37. The van der Waals surface area contributed by atoms with Gasteiger partial charge in [-0.15, -0.1) is 0 Å². The number of piperidine rings is 1. The number of rotatable bonds is 5. The molecule has 0 radical (unpaired) electrons. The first-order valence-electron chi connectivity index (χ1n) is 12.4. The van der Waals surface area contributed by atoms with Crippen LogP contribution in [-0.4, -0.2) is 56.5 Å². The Bertz CT molecular complexity index is 1420. The van der Waals surface area contributed by atoms with Crippen LogP contribution >= 0.6 is 0 Å². The molecule has 1 N–H and O–H groups in total. The molecule has 3 amide bonds. The van der Waals surface area contributed by atoms with Gasteiger partial charge in [-0.3, -0.25) is 18.7 Å². The number of aromatic nitrogens is 2. The Kier molecular flexibility index (Phi) is 6.80. The molecule has 2 aliphatic heterocycles. The molecular weight excluding hydrogens is 474 g/mol. The van der Waals surface area contributed by atoms with Gasteiger partial charge in [0.2, 0.25) is 11.7 Å². The van der Waals surface area contributed by atoms with Crippen molar-refractivity contribution >= 4 is 17.6 Å². The SMILES string of the molecule is Cn1c(=O)c(Oc2ccccc2)cn(CC(=O)N2CCC(N3CCc4ccccc4NC3=O)CC2)c1=O. The maximum Gasteiger partial charge on any atom is 0.331 e. The average Bonchev–Trinajstić information content (AvgIpc) is 3.09. The second kappa shape index (κ2) is 10.3. The van der Waals surface area contributed by atoms with Gasteiger partial charge in [0, 0.05) is 38.4 Å². The van der Waals surface area contributed by atoms with E-state index >= 15 is 0 Å². The van der Waals surface area contributed by atoms with Gasteiger partial charge in [0.25, 0.3) is 5.56 Å². The van der Waals surface area contributed by atoms with Crippen LogP contribution in [0.15, 0.2) is 70.4 Å². The van der Waals surface area contributed by atoms with Gasteiger partial charge >= 0.3 is 11.7 Å². The number of hydrogen-bond acceptors (Lipinski definition) is 5. The largest absolute Gasteiger partial charge is 0.450 e. The first-order chi connectivity index (χ1) is 17.9. The molecule has 3 heterocycles. The number of carbonyl (C=O) groups excluding carboxylic acids is 2. The van der Waals surface area contributed by atoms with Gasteiger partial charge in [0.15, 0.2) is 0 Å². The normalized spacial score (nSPS) is 16.1. The summed E-state index contributed by atoms with van der Waals surface area (Å²) >= 11 is 0. The number of anilines is 1. The third kappa shape index (κ3) is 5.13. The molecule has 1 saturated heterocycles. The molecule has 10 nitrogen and oxygen atoms in total. The number of likely N-dealkylation sites (tertiary alicyclic amines) is 1. The Hall–Kier alpha value is -4.34. The maximum atomic E-state index is 13.1. The minimum absolute atomic E-state index is 0.0320. The topological polar surface area (TPSA) is 106 Å². The summed E-state index contributed by atoms with van der Waals surface area (Å²) in [5.41, 5.74) is 0.802. The second-order valence-electron chi connectivity index (χ2n) is 9.33. The van der Waals surface area contributed by atoms with Crippen molar-refractivity contribution in [2.75, 3.05) is 25.0 Å². The summed E-state index contributed by atoms with van der Waals surface area (Å²) in [4.78, 5) is 54.7. The van der Waals surface area contributed by atoms with E-state index in [1.165, 1.54) is 17.8 Å². The molecular formula is C27H29N5O5. The molecule has 2 aliphatic rings. The van der Waals surface area contributed by atoms with Gasteiger partial charge in [-0.2, -0.15) is 0 Å². The molecule has 0 bridgehead atoms. The molecule has 10 heteroatoms. The number of ether oxygens (including phenoxy) is 1. The second-order valence-corrected chi connectivity index (χ2v) is 9.33. The van der Waals surface area contributed by atoms with E-state index in [0.29, 0.717) is 38.2 Å². The lowest BCUT2D eigenvalue weighted by molar-refractivity contribution is -0.133. The fourth-order valence-corrected chi connectivity index (χ4v) is 4.91. The molecule has 2 aromatic carbocycles. The highest BCUT2D eigenvalue weighted by molar-refractivity contribution is 5.91. The monoisotopic (exact) mass is 503 g/mol. The van der Waals surface area contributed by atoms with Crippen molar-refractivity contribution in [2.24, 2.45) is 7.05 Å². The zero-order valence-electron chi connectivity index (χ0n) is 20.6. The van der Waals surface area contributed by atoms with Crippen LogP contribution in [0.2, 0.25) is 0 Å². The predicted octanol–water partition coefficient (Wildman–Crippen LogP) is 2.42. The lowest BCUT2D eigenvalue weighted by Crippen LogP contribution is -2.51. The van der Waals surface area contributed by atoms with Crippen LogP contribution in [0.3, 0.4) is 0 Å². The third-order valence-corrected chi connectivity index (χ3v) is 7.00. The summed E-state index contributed by atoms with van der Waals surface area (Å²) in [5, 5.41) is 3.00. The molecule has 5 rings (SSSR count). The van der Waals surface area contributed by atoms with Crippen molar-refractivity contribution in [3.63, 3.8) is 0 Å². The van der Waals surface area contributed by atoms with Gasteiger partial charge in [0.1, 0.15) is 12.3 Å². The Morgan fingerprint density at radius 1 is 0.973 bits per heavy atom. The standard InChI is InChI=1S/C27H29N5O5/c1-29-25(34)23(37-21-8-3-2-4-9-21)17-31(27(29)36)18-24(33)30-14-12-20(13-15-30)32-16-11-19-7-5-6-10-22(19)28-26(32)35/h2-10,17,20H,11-16,18H2,1H3,(H,28,35). The minimum atomic E-state index is -0.588. The van der Waals surface area contributed by atoms with E-state index in [1.54, 1.807) is 29.2 Å². The number of carbonyl (C=O) groups is 2. The number of nitrogens with zero attached hydrogens (tertiary/aromatic N) is 4. The number of amides is 3. The molecule has 3 aromatic rings. The van der Waals surface area contributed by atoms with Gasteiger partial charge < -0.3 is 19.9 Å². The maximum absolute atomic E-state index is 13.1. The van der Waals surface area contributed by atoms with Gasteiger partial charge in [-0.1, -0.05) is 36.4 Å². The Balaban J connectivity index is 1.23. The number of fused-ring (bicyclic) bond motifs is 1. The van der Waals surface area contributed by atoms with Crippen LogP contribution in [0.5, 0.6) is 11.5 Å². The van der Waals surface area contributed by atoms with Crippen molar-refractivity contribution in [1.82, 2.24) is 18.9 Å². The Morgan fingerprint density at radius 2 is 1.68 bits per heavy atom. The highest BCUT2D eigenvalue weighted by Gasteiger charge is 2.31. The lowest BCUT2D eigenvalue weighted by Gasteiger charge is -2.38. The molecule has 1 fully saturated rings. The van der Waals surface area contributed by atoms with E-state index in [9.17, 15) is 19.2 Å². The molecule has 37 heavy (non-hydrogen) atoms. The number of hydrogen-bond donors (Lipinski definition) is 1. The lowest BCUT2D eigenvalue weighted by atomic mass is 10.0. The predicted molar refractivity (Wildman–Crippen MR) is 138 cm³/mol.